The van der Waals surface area contributed by atoms with Crippen LogP contribution in [-0.2, 0) is 20.7 Å². The molecule has 0 spiro atoms. The van der Waals surface area contributed by atoms with Crippen molar-refractivity contribution in [3.8, 4) is 0 Å². The van der Waals surface area contributed by atoms with Gasteiger partial charge in [-0.05, 0) is 23.1 Å². The number of fused-ring (bicyclic) bond motifs is 1. The van der Waals surface area contributed by atoms with E-state index in [4.69, 9.17) is 4.74 Å². The largest absolute Gasteiger partial charge is 0.379 e. The highest BCUT2D eigenvalue weighted by Gasteiger charge is 2.26. The van der Waals surface area contributed by atoms with E-state index in [2.05, 4.69) is 32.0 Å². The van der Waals surface area contributed by atoms with Crippen LogP contribution in [-0.4, -0.2) is 60.6 Å². The number of ether oxygens (including phenoxy) is 1. The summed E-state index contributed by atoms with van der Waals surface area (Å²) in [7, 11) is 0. The van der Waals surface area contributed by atoms with Crippen LogP contribution in [0.15, 0.2) is 48.0 Å². The van der Waals surface area contributed by atoms with Gasteiger partial charge in [0.15, 0.2) is 0 Å². The van der Waals surface area contributed by atoms with Crippen LogP contribution in [0.25, 0.3) is 10.9 Å². The van der Waals surface area contributed by atoms with Crippen LogP contribution in [0.5, 0.6) is 0 Å². The molecular weight excluding hydrogens is 412 g/mol. The van der Waals surface area contributed by atoms with E-state index in [1.165, 1.54) is 11.8 Å². The van der Waals surface area contributed by atoms with Gasteiger partial charge in [0.1, 0.15) is 6.04 Å². The van der Waals surface area contributed by atoms with Crippen molar-refractivity contribution in [1.82, 2.24) is 20.5 Å². The number of rotatable bonds is 8. The highest BCUT2D eigenvalue weighted by atomic mass is 32.1. The Balaban J connectivity index is 1.46. The summed E-state index contributed by atoms with van der Waals surface area (Å²) < 4.78 is 5.49. The number of H-pyrrole nitrogens is 1. The van der Waals surface area contributed by atoms with Crippen molar-refractivity contribution in [1.29, 1.82) is 0 Å². The number of nitrogens with one attached hydrogen (secondary N) is 3. The molecule has 7 nitrogen and oxygen atoms in total. The molecule has 3 aromatic rings. The third-order valence-electron chi connectivity index (χ3n) is 5.62. The predicted molar refractivity (Wildman–Crippen MR) is 122 cm³/mol. The van der Waals surface area contributed by atoms with E-state index in [1.54, 1.807) is 11.3 Å². The summed E-state index contributed by atoms with van der Waals surface area (Å²) in [4.78, 5) is 31.7. The van der Waals surface area contributed by atoms with Gasteiger partial charge in [0.25, 0.3) is 0 Å². The molecule has 1 aliphatic rings. The minimum Gasteiger partial charge on any atom is -0.379 e. The quantitative estimate of drug-likeness (QED) is 0.502. The van der Waals surface area contributed by atoms with Gasteiger partial charge in [-0.15, -0.1) is 11.3 Å². The normalized spacial score (nSPS) is 16.7. The molecule has 1 fully saturated rings. The number of benzene rings is 1. The lowest BCUT2D eigenvalue weighted by atomic mass is 10.0. The summed E-state index contributed by atoms with van der Waals surface area (Å²) in [6.45, 7) is 5.00. The molecule has 164 valence electrons. The van der Waals surface area contributed by atoms with Gasteiger partial charge < -0.3 is 20.4 Å². The van der Waals surface area contributed by atoms with E-state index >= 15 is 0 Å². The highest BCUT2D eigenvalue weighted by molar-refractivity contribution is 7.10. The van der Waals surface area contributed by atoms with Gasteiger partial charge in [0.2, 0.25) is 11.8 Å². The first kappa shape index (κ1) is 21.5. The second-order valence-electron chi connectivity index (χ2n) is 7.74. The Morgan fingerprint density at radius 2 is 2.00 bits per heavy atom. The van der Waals surface area contributed by atoms with Crippen LogP contribution >= 0.6 is 11.3 Å². The van der Waals surface area contributed by atoms with Gasteiger partial charge in [0, 0.05) is 55.0 Å². The molecule has 8 heteroatoms. The molecule has 4 rings (SSSR count). The third-order valence-corrected chi connectivity index (χ3v) is 6.59. The maximum absolute atomic E-state index is 13.1. The number of hydrogen-bond acceptors (Lipinski definition) is 5. The van der Waals surface area contributed by atoms with E-state index < -0.39 is 6.04 Å². The Hall–Kier alpha value is -2.68. The highest BCUT2D eigenvalue weighted by Crippen LogP contribution is 2.25. The summed E-state index contributed by atoms with van der Waals surface area (Å²) in [6, 6.07) is 11.6. The van der Waals surface area contributed by atoms with E-state index in [0.29, 0.717) is 26.2 Å². The summed E-state index contributed by atoms with van der Waals surface area (Å²) >= 11 is 1.69. The number of carbonyl (C=O) groups excluding carboxylic acids is 2. The summed E-state index contributed by atoms with van der Waals surface area (Å²) in [5.41, 5.74) is 2.03. The summed E-state index contributed by atoms with van der Waals surface area (Å²) in [6.07, 6.45) is 2.34. The SMILES string of the molecule is CC(=O)N[C@H](Cc1c[nH]c2ccccc12)C(=O)NC[C@H](c1cccs1)N1CCOCC1. The number of aromatic nitrogens is 1. The van der Waals surface area contributed by atoms with Gasteiger partial charge in [-0.1, -0.05) is 24.3 Å². The zero-order valence-corrected chi connectivity index (χ0v) is 18.4. The number of carbonyl (C=O) groups is 2. The fraction of sp³-hybridized carbons (Fsp3) is 0.391. The standard InChI is InChI=1S/C23H28N4O3S/c1-16(28)26-20(13-17-14-24-19-6-3-2-5-18(17)19)23(29)25-15-21(22-7-4-12-31-22)27-8-10-30-11-9-27/h2-7,12,14,20-21,24H,8-11,13,15H2,1H3,(H,25,29)(H,26,28)/t20-,21-/m1/s1. The van der Waals surface area contributed by atoms with Crippen LogP contribution in [0.4, 0.5) is 0 Å². The monoisotopic (exact) mass is 440 g/mol. The maximum Gasteiger partial charge on any atom is 0.242 e. The second kappa shape index (κ2) is 10.1. The van der Waals surface area contributed by atoms with Crippen molar-refractivity contribution in [2.75, 3.05) is 32.8 Å². The van der Waals surface area contributed by atoms with Gasteiger partial charge in [0.05, 0.1) is 19.3 Å². The van der Waals surface area contributed by atoms with E-state index in [1.807, 2.05) is 36.5 Å². The molecule has 0 aliphatic carbocycles. The van der Waals surface area contributed by atoms with Gasteiger partial charge in [-0.25, -0.2) is 0 Å². The molecule has 0 unspecified atom stereocenters. The van der Waals surface area contributed by atoms with Crippen molar-refractivity contribution >= 4 is 34.1 Å². The first-order chi connectivity index (χ1) is 15.1. The number of hydrogen-bond donors (Lipinski definition) is 3. The molecule has 1 aliphatic heterocycles. The Morgan fingerprint density at radius 1 is 1.19 bits per heavy atom. The molecular formula is C23H28N4O3S. The lowest BCUT2D eigenvalue weighted by molar-refractivity contribution is -0.128. The third kappa shape index (κ3) is 5.33. The minimum atomic E-state index is -0.634. The zero-order valence-electron chi connectivity index (χ0n) is 17.6. The Labute approximate surface area is 185 Å². The van der Waals surface area contributed by atoms with Crippen molar-refractivity contribution in [2.24, 2.45) is 0 Å². The number of nitrogens with zero attached hydrogens (tertiary/aromatic N) is 1. The lowest BCUT2D eigenvalue weighted by Gasteiger charge is -2.34. The van der Waals surface area contributed by atoms with Crippen LogP contribution in [0.2, 0.25) is 0 Å². The van der Waals surface area contributed by atoms with Crippen LogP contribution < -0.4 is 10.6 Å². The molecule has 0 radical (unpaired) electrons. The first-order valence-electron chi connectivity index (χ1n) is 10.6. The van der Waals surface area contributed by atoms with Gasteiger partial charge in [-0.2, -0.15) is 0 Å². The Bertz CT molecular complexity index is 1010. The minimum absolute atomic E-state index is 0.0962. The molecule has 0 saturated carbocycles. The van der Waals surface area contributed by atoms with E-state index in [0.717, 1.165) is 29.6 Å². The average molecular weight is 441 g/mol. The summed E-state index contributed by atoms with van der Waals surface area (Å²) in [5.74, 6) is -0.390. The van der Waals surface area contributed by atoms with Crippen molar-refractivity contribution in [3.63, 3.8) is 0 Å². The number of thiophene rings is 1. The average Bonchev–Trinajstić information content (AvgIpc) is 3.44. The number of aromatic amines is 1. The number of morpholine rings is 1. The topological polar surface area (TPSA) is 86.5 Å². The predicted octanol–water partition coefficient (Wildman–Crippen LogP) is 2.47. The molecule has 0 bridgehead atoms. The molecule has 2 aromatic heterocycles. The summed E-state index contributed by atoms with van der Waals surface area (Å²) in [5, 5.41) is 9.04. The molecule has 2 atom stereocenters. The molecule has 2 amide bonds. The number of para-hydroxylation sites is 1. The lowest BCUT2D eigenvalue weighted by Crippen LogP contribution is -2.50. The first-order valence-corrected chi connectivity index (χ1v) is 11.4. The van der Waals surface area contributed by atoms with Crippen LogP contribution in [0, 0.1) is 0 Å². The fourth-order valence-electron chi connectivity index (χ4n) is 4.08. The number of amides is 2. The van der Waals surface area contributed by atoms with Crippen molar-refractivity contribution < 1.29 is 14.3 Å². The molecule has 3 heterocycles. The molecule has 31 heavy (non-hydrogen) atoms. The van der Waals surface area contributed by atoms with Crippen molar-refractivity contribution in [3.05, 3.63) is 58.4 Å². The Morgan fingerprint density at radius 3 is 2.74 bits per heavy atom. The smallest absolute Gasteiger partial charge is 0.242 e. The zero-order chi connectivity index (χ0) is 21.6. The van der Waals surface area contributed by atoms with Crippen LogP contribution in [0.1, 0.15) is 23.4 Å². The molecule has 1 saturated heterocycles. The molecule has 3 N–H and O–H groups in total. The van der Waals surface area contributed by atoms with E-state index in [-0.39, 0.29) is 17.9 Å². The molecule has 1 aromatic carbocycles. The Kier molecular flexibility index (Phi) is 7.01. The van der Waals surface area contributed by atoms with Gasteiger partial charge in [-0.3, -0.25) is 14.5 Å². The van der Waals surface area contributed by atoms with E-state index in [9.17, 15) is 9.59 Å². The van der Waals surface area contributed by atoms with Crippen LogP contribution in [0.3, 0.4) is 0 Å². The fourth-order valence-corrected chi connectivity index (χ4v) is 4.94. The van der Waals surface area contributed by atoms with Gasteiger partial charge >= 0.3 is 0 Å². The second-order valence-corrected chi connectivity index (χ2v) is 8.72. The maximum atomic E-state index is 13.1. The van der Waals surface area contributed by atoms with Crippen molar-refractivity contribution in [2.45, 2.75) is 25.4 Å².